The molecule has 0 bridgehead atoms. The summed E-state index contributed by atoms with van der Waals surface area (Å²) >= 11 is 6.04. The lowest BCUT2D eigenvalue weighted by Crippen LogP contribution is -1.94. The SMILES string of the molecule is ClCc1cccc(Oc2ccccc2)c1Oc1ccccc1. The largest absolute Gasteiger partial charge is 0.453 e. The van der Waals surface area contributed by atoms with Crippen LogP contribution in [0.25, 0.3) is 0 Å². The summed E-state index contributed by atoms with van der Waals surface area (Å²) in [5, 5.41) is 0. The van der Waals surface area contributed by atoms with Gasteiger partial charge in [0.15, 0.2) is 11.5 Å². The first-order valence-electron chi connectivity index (χ1n) is 7.00. The van der Waals surface area contributed by atoms with Crippen LogP contribution in [0.2, 0.25) is 0 Å². The van der Waals surface area contributed by atoms with Crippen molar-refractivity contribution in [1.29, 1.82) is 0 Å². The molecule has 0 saturated carbocycles. The summed E-state index contributed by atoms with van der Waals surface area (Å²) in [5.74, 6) is 3.15. The number of para-hydroxylation sites is 3. The zero-order valence-corrected chi connectivity index (χ0v) is 12.7. The van der Waals surface area contributed by atoms with Crippen LogP contribution in [0.1, 0.15) is 5.56 Å². The Kier molecular flexibility index (Phi) is 4.62. The molecular formula is C19H15ClO2. The Balaban J connectivity index is 1.95. The molecule has 3 heteroatoms. The fourth-order valence-corrected chi connectivity index (χ4v) is 2.30. The van der Waals surface area contributed by atoms with Gasteiger partial charge in [0.25, 0.3) is 0 Å². The Hall–Kier alpha value is -2.45. The molecular weight excluding hydrogens is 296 g/mol. The molecule has 3 rings (SSSR count). The van der Waals surface area contributed by atoms with E-state index in [4.69, 9.17) is 21.1 Å². The number of halogens is 1. The normalized spacial score (nSPS) is 10.2. The van der Waals surface area contributed by atoms with E-state index in [1.54, 1.807) is 0 Å². The molecule has 3 aromatic carbocycles. The first-order chi connectivity index (χ1) is 10.9. The summed E-state index contributed by atoms with van der Waals surface area (Å²) in [6.07, 6.45) is 0. The van der Waals surface area contributed by atoms with Gasteiger partial charge in [0, 0.05) is 5.56 Å². The predicted molar refractivity (Wildman–Crippen MR) is 89.0 cm³/mol. The maximum Gasteiger partial charge on any atom is 0.174 e. The van der Waals surface area contributed by atoms with E-state index in [0.717, 1.165) is 17.1 Å². The highest BCUT2D eigenvalue weighted by molar-refractivity contribution is 6.17. The molecule has 0 radical (unpaired) electrons. The van der Waals surface area contributed by atoms with Crippen LogP contribution in [0, 0.1) is 0 Å². The maximum absolute atomic E-state index is 6.04. The van der Waals surface area contributed by atoms with E-state index >= 15 is 0 Å². The molecule has 0 spiro atoms. The quantitative estimate of drug-likeness (QED) is 0.537. The van der Waals surface area contributed by atoms with E-state index < -0.39 is 0 Å². The zero-order valence-electron chi connectivity index (χ0n) is 11.9. The number of rotatable bonds is 5. The van der Waals surface area contributed by atoms with Gasteiger partial charge in [0.2, 0.25) is 0 Å². The third-order valence-electron chi connectivity index (χ3n) is 3.14. The van der Waals surface area contributed by atoms with Crippen molar-refractivity contribution in [3.63, 3.8) is 0 Å². The third-order valence-corrected chi connectivity index (χ3v) is 3.43. The Bertz CT molecular complexity index is 727. The third kappa shape index (κ3) is 3.41. The first kappa shape index (κ1) is 14.5. The fourth-order valence-electron chi connectivity index (χ4n) is 2.08. The van der Waals surface area contributed by atoms with Gasteiger partial charge < -0.3 is 9.47 Å². The lowest BCUT2D eigenvalue weighted by molar-refractivity contribution is 0.416. The Morgan fingerprint density at radius 3 is 1.82 bits per heavy atom. The highest BCUT2D eigenvalue weighted by Crippen LogP contribution is 2.38. The highest BCUT2D eigenvalue weighted by atomic mass is 35.5. The van der Waals surface area contributed by atoms with Crippen LogP contribution in [0.5, 0.6) is 23.0 Å². The average Bonchev–Trinajstić information content (AvgIpc) is 2.58. The smallest absolute Gasteiger partial charge is 0.174 e. The van der Waals surface area contributed by atoms with E-state index in [9.17, 15) is 0 Å². The van der Waals surface area contributed by atoms with Crippen molar-refractivity contribution in [3.8, 4) is 23.0 Å². The molecule has 22 heavy (non-hydrogen) atoms. The van der Waals surface area contributed by atoms with Gasteiger partial charge in [-0.25, -0.2) is 0 Å². The maximum atomic E-state index is 6.04. The van der Waals surface area contributed by atoms with Crippen LogP contribution < -0.4 is 9.47 Å². The van der Waals surface area contributed by atoms with Gasteiger partial charge in [-0.05, 0) is 30.3 Å². The minimum absolute atomic E-state index is 0.355. The Morgan fingerprint density at radius 2 is 1.23 bits per heavy atom. The van der Waals surface area contributed by atoms with Gasteiger partial charge in [-0.15, -0.1) is 11.6 Å². The fraction of sp³-hybridized carbons (Fsp3) is 0.0526. The van der Waals surface area contributed by atoms with Crippen LogP contribution >= 0.6 is 11.6 Å². The van der Waals surface area contributed by atoms with Crippen molar-refractivity contribution in [1.82, 2.24) is 0 Å². The van der Waals surface area contributed by atoms with Crippen molar-refractivity contribution < 1.29 is 9.47 Å². The zero-order chi connectivity index (χ0) is 15.2. The van der Waals surface area contributed by atoms with E-state index in [2.05, 4.69) is 0 Å². The standard InChI is InChI=1S/C19H15ClO2/c20-14-15-8-7-13-18(21-16-9-3-1-4-10-16)19(15)22-17-11-5-2-6-12-17/h1-13H,14H2. The number of alkyl halides is 1. The van der Waals surface area contributed by atoms with Crippen molar-refractivity contribution in [2.24, 2.45) is 0 Å². The van der Waals surface area contributed by atoms with E-state index in [-0.39, 0.29) is 0 Å². The lowest BCUT2D eigenvalue weighted by atomic mass is 10.2. The van der Waals surface area contributed by atoms with Crippen molar-refractivity contribution in [2.75, 3.05) is 0 Å². The van der Waals surface area contributed by atoms with Gasteiger partial charge >= 0.3 is 0 Å². The highest BCUT2D eigenvalue weighted by Gasteiger charge is 2.12. The van der Waals surface area contributed by atoms with Crippen LogP contribution in [0.3, 0.4) is 0 Å². The van der Waals surface area contributed by atoms with E-state index in [1.807, 2.05) is 78.9 Å². The number of ether oxygens (including phenoxy) is 2. The number of hydrogen-bond donors (Lipinski definition) is 0. The second-order valence-corrected chi connectivity index (χ2v) is 4.98. The second-order valence-electron chi connectivity index (χ2n) is 4.71. The van der Waals surface area contributed by atoms with E-state index in [1.165, 1.54) is 0 Å². The van der Waals surface area contributed by atoms with Crippen molar-refractivity contribution in [2.45, 2.75) is 5.88 Å². The van der Waals surface area contributed by atoms with Gasteiger partial charge in [0.1, 0.15) is 11.5 Å². The van der Waals surface area contributed by atoms with Crippen LogP contribution in [0.15, 0.2) is 78.9 Å². The summed E-state index contributed by atoms with van der Waals surface area (Å²) in [6.45, 7) is 0. The predicted octanol–water partition coefficient (Wildman–Crippen LogP) is 6.01. The topological polar surface area (TPSA) is 18.5 Å². The minimum atomic E-state index is 0.355. The molecule has 0 saturated heterocycles. The van der Waals surface area contributed by atoms with Gasteiger partial charge in [-0.3, -0.25) is 0 Å². The van der Waals surface area contributed by atoms with Crippen molar-refractivity contribution in [3.05, 3.63) is 84.4 Å². The molecule has 3 aromatic rings. The second kappa shape index (κ2) is 7.01. The summed E-state index contributed by atoms with van der Waals surface area (Å²) in [5.41, 5.74) is 0.888. The molecule has 0 fully saturated rings. The van der Waals surface area contributed by atoms with Gasteiger partial charge in [0.05, 0.1) is 5.88 Å². The number of hydrogen-bond acceptors (Lipinski definition) is 2. The Labute approximate surface area is 134 Å². The minimum Gasteiger partial charge on any atom is -0.453 e. The monoisotopic (exact) mass is 310 g/mol. The van der Waals surface area contributed by atoms with Gasteiger partial charge in [-0.1, -0.05) is 48.5 Å². The summed E-state index contributed by atoms with van der Waals surface area (Å²) in [6, 6.07) is 24.9. The summed E-state index contributed by atoms with van der Waals surface area (Å²) < 4.78 is 11.9. The molecule has 0 atom stereocenters. The molecule has 0 amide bonds. The molecule has 0 heterocycles. The molecule has 0 N–H and O–H groups in total. The number of benzene rings is 3. The van der Waals surface area contributed by atoms with Crippen LogP contribution in [-0.2, 0) is 5.88 Å². The molecule has 110 valence electrons. The first-order valence-corrected chi connectivity index (χ1v) is 7.54. The molecule has 0 aromatic heterocycles. The van der Waals surface area contributed by atoms with Crippen LogP contribution in [0.4, 0.5) is 0 Å². The summed E-state index contributed by atoms with van der Waals surface area (Å²) in [4.78, 5) is 0. The van der Waals surface area contributed by atoms with Crippen molar-refractivity contribution >= 4 is 11.6 Å². The van der Waals surface area contributed by atoms with E-state index in [0.29, 0.717) is 17.4 Å². The van der Waals surface area contributed by atoms with Gasteiger partial charge in [-0.2, -0.15) is 0 Å². The molecule has 0 aliphatic heterocycles. The van der Waals surface area contributed by atoms with Crippen LogP contribution in [-0.4, -0.2) is 0 Å². The average molecular weight is 311 g/mol. The Morgan fingerprint density at radius 1 is 0.636 bits per heavy atom. The molecule has 0 aliphatic rings. The molecule has 2 nitrogen and oxygen atoms in total. The summed E-state index contributed by atoms with van der Waals surface area (Å²) in [7, 11) is 0. The molecule has 0 unspecified atom stereocenters. The lowest BCUT2D eigenvalue weighted by Gasteiger charge is -2.15. The molecule has 0 aliphatic carbocycles.